The Morgan fingerprint density at radius 2 is 1.95 bits per heavy atom. The van der Waals surface area contributed by atoms with Gasteiger partial charge >= 0.3 is 5.97 Å². The predicted octanol–water partition coefficient (Wildman–Crippen LogP) is 2.14. The van der Waals surface area contributed by atoms with Crippen LogP contribution in [0.4, 0.5) is 0 Å². The Bertz CT molecular complexity index is 518. The van der Waals surface area contributed by atoms with E-state index in [2.05, 4.69) is 0 Å². The van der Waals surface area contributed by atoms with Crippen LogP contribution >= 0.6 is 0 Å². The summed E-state index contributed by atoms with van der Waals surface area (Å²) in [7, 11) is 0. The quantitative estimate of drug-likeness (QED) is 0.889. The third-order valence-electron chi connectivity index (χ3n) is 3.83. The van der Waals surface area contributed by atoms with Crippen LogP contribution in [0.15, 0.2) is 4.42 Å². The van der Waals surface area contributed by atoms with Gasteiger partial charge in [0.2, 0.25) is 0 Å². The predicted molar refractivity (Wildman–Crippen MR) is 69.2 cm³/mol. The van der Waals surface area contributed by atoms with Crippen LogP contribution in [-0.2, 0) is 4.79 Å². The molecule has 1 saturated heterocycles. The maximum absolute atomic E-state index is 12.5. The van der Waals surface area contributed by atoms with Crippen LogP contribution in [0.5, 0.6) is 0 Å². The van der Waals surface area contributed by atoms with E-state index >= 15 is 0 Å². The second-order valence-electron chi connectivity index (χ2n) is 5.14. The minimum absolute atomic E-state index is 0.113. The molecule has 1 aliphatic rings. The topological polar surface area (TPSA) is 70.8 Å². The van der Waals surface area contributed by atoms with Gasteiger partial charge in [-0.05, 0) is 33.6 Å². The summed E-state index contributed by atoms with van der Waals surface area (Å²) >= 11 is 0. The van der Waals surface area contributed by atoms with Gasteiger partial charge in [0, 0.05) is 18.7 Å². The van der Waals surface area contributed by atoms with E-state index in [0.29, 0.717) is 24.3 Å². The average molecular weight is 265 g/mol. The fourth-order valence-electron chi connectivity index (χ4n) is 2.63. The lowest BCUT2D eigenvalue weighted by Crippen LogP contribution is -2.42. The molecule has 1 fully saturated rings. The van der Waals surface area contributed by atoms with Crippen LogP contribution in [-0.4, -0.2) is 35.0 Å². The molecule has 1 N–H and O–H groups in total. The van der Waals surface area contributed by atoms with E-state index in [9.17, 15) is 9.59 Å². The van der Waals surface area contributed by atoms with E-state index in [1.807, 2.05) is 13.8 Å². The molecule has 5 heteroatoms. The highest BCUT2D eigenvalue weighted by atomic mass is 16.4. The molecule has 0 aliphatic carbocycles. The smallest absolute Gasteiger partial charge is 0.308 e. The molecule has 2 heterocycles. The van der Waals surface area contributed by atoms with Crippen molar-refractivity contribution in [2.45, 2.75) is 33.6 Å². The summed E-state index contributed by atoms with van der Waals surface area (Å²) < 4.78 is 5.47. The molecule has 0 spiro atoms. The number of furan rings is 1. The average Bonchev–Trinajstić information content (AvgIpc) is 2.62. The van der Waals surface area contributed by atoms with Crippen LogP contribution in [0, 0.1) is 26.7 Å². The zero-order valence-corrected chi connectivity index (χ0v) is 11.5. The van der Waals surface area contributed by atoms with Gasteiger partial charge in [0.25, 0.3) is 5.91 Å². The number of hydrogen-bond donors (Lipinski definition) is 1. The lowest BCUT2D eigenvalue weighted by Gasteiger charge is -2.30. The first-order valence-corrected chi connectivity index (χ1v) is 6.50. The number of amides is 1. The van der Waals surface area contributed by atoms with E-state index < -0.39 is 11.9 Å². The van der Waals surface area contributed by atoms with Gasteiger partial charge in [0.15, 0.2) is 0 Å². The SMILES string of the molecule is Cc1oc(C)c(C(=O)N2CCC[C@@H](C(=O)O)C2)c1C. The minimum atomic E-state index is -0.825. The largest absolute Gasteiger partial charge is 0.481 e. The van der Waals surface area contributed by atoms with Crippen LogP contribution in [0.25, 0.3) is 0 Å². The van der Waals surface area contributed by atoms with Crippen LogP contribution in [0.1, 0.15) is 40.3 Å². The molecule has 1 atom stereocenters. The van der Waals surface area contributed by atoms with E-state index in [1.54, 1.807) is 11.8 Å². The van der Waals surface area contributed by atoms with Crippen molar-refractivity contribution in [1.29, 1.82) is 0 Å². The van der Waals surface area contributed by atoms with Gasteiger partial charge in [-0.15, -0.1) is 0 Å². The summed E-state index contributed by atoms with van der Waals surface area (Å²) in [6.07, 6.45) is 1.37. The number of likely N-dealkylation sites (tertiary alicyclic amines) is 1. The molecule has 19 heavy (non-hydrogen) atoms. The Morgan fingerprint density at radius 3 is 2.47 bits per heavy atom. The van der Waals surface area contributed by atoms with Gasteiger partial charge in [0.05, 0.1) is 11.5 Å². The number of carboxylic acid groups (broad SMARTS) is 1. The Kier molecular flexibility index (Phi) is 3.64. The molecule has 1 aromatic rings. The Morgan fingerprint density at radius 1 is 1.26 bits per heavy atom. The van der Waals surface area contributed by atoms with Gasteiger partial charge < -0.3 is 14.4 Å². The third-order valence-corrected chi connectivity index (χ3v) is 3.83. The van der Waals surface area contributed by atoms with Crippen LogP contribution in [0.3, 0.4) is 0 Å². The van der Waals surface area contributed by atoms with Crippen LogP contribution < -0.4 is 0 Å². The van der Waals surface area contributed by atoms with Gasteiger partial charge in [-0.1, -0.05) is 0 Å². The first kappa shape index (κ1) is 13.6. The van der Waals surface area contributed by atoms with Gasteiger partial charge in [-0.3, -0.25) is 9.59 Å². The number of rotatable bonds is 2. The first-order valence-electron chi connectivity index (χ1n) is 6.50. The van der Waals surface area contributed by atoms with Gasteiger partial charge in [-0.25, -0.2) is 0 Å². The Balaban J connectivity index is 2.22. The van der Waals surface area contributed by atoms with Crippen molar-refractivity contribution in [2.24, 2.45) is 5.92 Å². The number of aryl methyl sites for hydroxylation is 2. The van der Waals surface area contributed by atoms with Crippen molar-refractivity contribution in [3.63, 3.8) is 0 Å². The minimum Gasteiger partial charge on any atom is -0.481 e. The summed E-state index contributed by atoms with van der Waals surface area (Å²) in [5, 5.41) is 9.07. The molecule has 0 unspecified atom stereocenters. The van der Waals surface area contributed by atoms with Crippen LogP contribution in [0.2, 0.25) is 0 Å². The van der Waals surface area contributed by atoms with Crippen molar-refractivity contribution in [2.75, 3.05) is 13.1 Å². The van der Waals surface area contributed by atoms with Crippen molar-refractivity contribution < 1.29 is 19.1 Å². The summed E-state index contributed by atoms with van der Waals surface area (Å²) in [5.74, 6) is -0.0384. The zero-order valence-electron chi connectivity index (χ0n) is 11.5. The second-order valence-corrected chi connectivity index (χ2v) is 5.14. The highest BCUT2D eigenvalue weighted by molar-refractivity contribution is 5.97. The molecule has 1 aromatic heterocycles. The lowest BCUT2D eigenvalue weighted by atomic mass is 9.97. The third kappa shape index (κ3) is 2.50. The standard InChI is InChI=1S/C14H19NO4/c1-8-9(2)19-10(3)12(8)13(16)15-6-4-5-11(7-15)14(17)18/h11H,4-7H2,1-3H3,(H,17,18)/t11-/m1/s1. The Hall–Kier alpha value is -1.78. The molecular weight excluding hydrogens is 246 g/mol. The summed E-state index contributed by atoms with van der Waals surface area (Å²) in [6.45, 7) is 6.36. The molecule has 1 aliphatic heterocycles. The summed E-state index contributed by atoms with van der Waals surface area (Å²) in [5.41, 5.74) is 1.43. The fraction of sp³-hybridized carbons (Fsp3) is 0.571. The zero-order chi connectivity index (χ0) is 14.2. The molecule has 1 amide bonds. The monoisotopic (exact) mass is 265 g/mol. The molecular formula is C14H19NO4. The number of piperidine rings is 1. The molecule has 0 saturated carbocycles. The highest BCUT2D eigenvalue weighted by Crippen LogP contribution is 2.25. The molecule has 104 valence electrons. The number of carbonyl (C=O) groups is 2. The van der Waals surface area contributed by atoms with E-state index in [4.69, 9.17) is 9.52 Å². The normalized spacial score (nSPS) is 19.5. The summed E-state index contributed by atoms with van der Waals surface area (Å²) in [4.78, 5) is 25.2. The Labute approximate surface area is 112 Å². The van der Waals surface area contributed by atoms with Gasteiger partial charge in [-0.2, -0.15) is 0 Å². The molecule has 5 nitrogen and oxygen atoms in total. The number of carbonyl (C=O) groups excluding carboxylic acids is 1. The van der Waals surface area contributed by atoms with Crippen molar-refractivity contribution in [3.05, 3.63) is 22.6 Å². The second kappa shape index (κ2) is 5.07. The number of aliphatic carboxylic acids is 1. The first-order chi connectivity index (χ1) is 8.91. The number of nitrogens with zero attached hydrogens (tertiary/aromatic N) is 1. The van der Waals surface area contributed by atoms with E-state index in [1.165, 1.54) is 0 Å². The van der Waals surface area contributed by atoms with Crippen molar-refractivity contribution in [1.82, 2.24) is 4.90 Å². The highest BCUT2D eigenvalue weighted by Gasteiger charge is 2.31. The molecule has 0 radical (unpaired) electrons. The fourth-order valence-corrected chi connectivity index (χ4v) is 2.63. The molecule has 0 aromatic carbocycles. The van der Waals surface area contributed by atoms with E-state index in [-0.39, 0.29) is 12.5 Å². The molecule has 2 rings (SSSR count). The molecule has 0 bridgehead atoms. The summed E-state index contributed by atoms with van der Waals surface area (Å²) in [6, 6.07) is 0. The number of hydrogen-bond acceptors (Lipinski definition) is 3. The van der Waals surface area contributed by atoms with Gasteiger partial charge in [0.1, 0.15) is 11.5 Å². The maximum Gasteiger partial charge on any atom is 0.308 e. The number of carboxylic acids is 1. The van der Waals surface area contributed by atoms with Crippen molar-refractivity contribution in [3.8, 4) is 0 Å². The maximum atomic E-state index is 12.5. The van der Waals surface area contributed by atoms with E-state index in [0.717, 1.165) is 17.7 Å². The van der Waals surface area contributed by atoms with Crippen molar-refractivity contribution >= 4 is 11.9 Å². The lowest BCUT2D eigenvalue weighted by molar-refractivity contribution is -0.143.